The number of nitrogens with one attached hydrogen (secondary N) is 1. The standard InChI is InChI=1S/C13H27N3O2/c1-3-4-7-16-8-5-12(6-9-16)14-13(18)15(2)10-11-17/h12,17H,3-11H2,1-2H3,(H,14,18). The number of likely N-dealkylation sites (tertiary alicyclic amines) is 1. The number of carbonyl (C=O) groups excluding carboxylic acids is 1. The van der Waals surface area contributed by atoms with Gasteiger partial charge in [0, 0.05) is 32.7 Å². The molecule has 0 bridgehead atoms. The lowest BCUT2D eigenvalue weighted by Crippen LogP contribution is -2.48. The Kier molecular flexibility index (Phi) is 7.05. The lowest BCUT2D eigenvalue weighted by Gasteiger charge is -2.33. The molecule has 18 heavy (non-hydrogen) atoms. The number of rotatable bonds is 6. The van der Waals surface area contributed by atoms with E-state index in [1.807, 2.05) is 0 Å². The number of carbonyl (C=O) groups is 1. The summed E-state index contributed by atoms with van der Waals surface area (Å²) in [6.45, 7) is 5.95. The highest BCUT2D eigenvalue weighted by atomic mass is 16.3. The van der Waals surface area contributed by atoms with Gasteiger partial charge in [-0.05, 0) is 25.8 Å². The molecule has 1 aliphatic rings. The second kappa shape index (κ2) is 8.32. The van der Waals surface area contributed by atoms with Crippen LogP contribution in [0.4, 0.5) is 4.79 Å². The van der Waals surface area contributed by atoms with Crippen LogP contribution in [0.15, 0.2) is 0 Å². The molecule has 5 heteroatoms. The van der Waals surface area contributed by atoms with E-state index in [4.69, 9.17) is 5.11 Å². The number of amides is 2. The number of piperidine rings is 1. The van der Waals surface area contributed by atoms with Gasteiger partial charge < -0.3 is 20.2 Å². The van der Waals surface area contributed by atoms with E-state index in [-0.39, 0.29) is 18.7 Å². The molecule has 2 N–H and O–H groups in total. The van der Waals surface area contributed by atoms with Crippen LogP contribution in [0.25, 0.3) is 0 Å². The Morgan fingerprint density at radius 2 is 2.11 bits per heavy atom. The number of urea groups is 1. The predicted molar refractivity (Wildman–Crippen MR) is 72.6 cm³/mol. The van der Waals surface area contributed by atoms with E-state index >= 15 is 0 Å². The quantitative estimate of drug-likeness (QED) is 0.743. The van der Waals surface area contributed by atoms with Crippen molar-refractivity contribution < 1.29 is 9.90 Å². The van der Waals surface area contributed by atoms with Crippen LogP contribution in [-0.2, 0) is 0 Å². The highest BCUT2D eigenvalue weighted by molar-refractivity contribution is 5.74. The number of unbranched alkanes of at least 4 members (excludes halogenated alkanes) is 1. The summed E-state index contributed by atoms with van der Waals surface area (Å²) in [5.74, 6) is 0. The van der Waals surface area contributed by atoms with Gasteiger partial charge in [0.15, 0.2) is 0 Å². The van der Waals surface area contributed by atoms with Crippen LogP contribution in [0, 0.1) is 0 Å². The van der Waals surface area contributed by atoms with Gasteiger partial charge in [-0.15, -0.1) is 0 Å². The molecule has 0 aromatic rings. The summed E-state index contributed by atoms with van der Waals surface area (Å²) in [4.78, 5) is 15.8. The zero-order valence-electron chi connectivity index (χ0n) is 11.7. The minimum Gasteiger partial charge on any atom is -0.395 e. The summed E-state index contributed by atoms with van der Waals surface area (Å²) < 4.78 is 0. The number of hydrogen-bond acceptors (Lipinski definition) is 3. The average Bonchev–Trinajstić information content (AvgIpc) is 2.38. The molecule has 0 spiro atoms. The lowest BCUT2D eigenvalue weighted by molar-refractivity contribution is 0.169. The van der Waals surface area contributed by atoms with Crippen LogP contribution in [0.1, 0.15) is 32.6 Å². The number of hydrogen-bond donors (Lipinski definition) is 2. The molecule has 0 aromatic heterocycles. The van der Waals surface area contributed by atoms with Crippen molar-refractivity contribution in [1.82, 2.24) is 15.1 Å². The maximum Gasteiger partial charge on any atom is 0.317 e. The zero-order chi connectivity index (χ0) is 13.4. The van der Waals surface area contributed by atoms with Gasteiger partial charge in [-0.25, -0.2) is 4.79 Å². The van der Waals surface area contributed by atoms with Gasteiger partial charge in [0.2, 0.25) is 0 Å². The van der Waals surface area contributed by atoms with Gasteiger partial charge in [-0.3, -0.25) is 0 Å². The maximum atomic E-state index is 11.7. The van der Waals surface area contributed by atoms with E-state index in [2.05, 4.69) is 17.1 Å². The van der Waals surface area contributed by atoms with Crippen LogP contribution in [0.3, 0.4) is 0 Å². The highest BCUT2D eigenvalue weighted by Gasteiger charge is 2.21. The van der Waals surface area contributed by atoms with E-state index in [1.54, 1.807) is 7.05 Å². The van der Waals surface area contributed by atoms with Crippen LogP contribution < -0.4 is 5.32 Å². The molecule has 1 saturated heterocycles. The normalized spacial score (nSPS) is 17.7. The molecule has 0 unspecified atom stereocenters. The predicted octanol–water partition coefficient (Wildman–Crippen LogP) is 0.885. The van der Waals surface area contributed by atoms with Crippen molar-refractivity contribution in [3.8, 4) is 0 Å². The molecular formula is C13H27N3O2. The molecule has 0 atom stereocenters. The maximum absolute atomic E-state index is 11.7. The summed E-state index contributed by atoms with van der Waals surface area (Å²) >= 11 is 0. The van der Waals surface area contributed by atoms with Gasteiger partial charge >= 0.3 is 6.03 Å². The third kappa shape index (κ3) is 5.23. The summed E-state index contributed by atoms with van der Waals surface area (Å²) in [6, 6.07) is 0.215. The topological polar surface area (TPSA) is 55.8 Å². The van der Waals surface area contributed by atoms with Crippen molar-refractivity contribution in [2.45, 2.75) is 38.6 Å². The van der Waals surface area contributed by atoms with Crippen molar-refractivity contribution in [2.24, 2.45) is 0 Å². The molecule has 0 radical (unpaired) electrons. The van der Waals surface area contributed by atoms with Crippen molar-refractivity contribution >= 4 is 6.03 Å². The van der Waals surface area contributed by atoms with E-state index < -0.39 is 0 Å². The first-order valence-electron chi connectivity index (χ1n) is 7.02. The second-order valence-corrected chi connectivity index (χ2v) is 5.06. The summed E-state index contributed by atoms with van der Waals surface area (Å²) in [6.07, 6.45) is 4.56. The fraction of sp³-hybridized carbons (Fsp3) is 0.923. The van der Waals surface area contributed by atoms with Gasteiger partial charge in [0.1, 0.15) is 0 Å². The number of aliphatic hydroxyl groups excluding tert-OH is 1. The molecule has 0 aromatic carbocycles. The minimum atomic E-state index is -0.0731. The Balaban J connectivity index is 2.20. The Hall–Kier alpha value is -0.810. The van der Waals surface area contributed by atoms with Gasteiger partial charge in [0.05, 0.1) is 6.61 Å². The first kappa shape index (κ1) is 15.2. The SMILES string of the molecule is CCCCN1CCC(NC(=O)N(C)CCO)CC1. The fourth-order valence-electron chi connectivity index (χ4n) is 2.22. The number of likely N-dealkylation sites (N-methyl/N-ethyl adjacent to an activating group) is 1. The second-order valence-electron chi connectivity index (χ2n) is 5.06. The van der Waals surface area contributed by atoms with Crippen molar-refractivity contribution in [1.29, 1.82) is 0 Å². The largest absolute Gasteiger partial charge is 0.395 e. The van der Waals surface area contributed by atoms with Crippen molar-refractivity contribution in [2.75, 3.05) is 39.8 Å². The molecule has 1 heterocycles. The molecule has 1 rings (SSSR count). The first-order valence-corrected chi connectivity index (χ1v) is 7.02. The molecule has 0 aliphatic carbocycles. The van der Waals surface area contributed by atoms with Crippen LogP contribution in [0.2, 0.25) is 0 Å². The summed E-state index contributed by atoms with van der Waals surface area (Å²) in [5, 5.41) is 11.8. The first-order chi connectivity index (χ1) is 8.67. The Bertz CT molecular complexity index is 240. The molecule has 106 valence electrons. The monoisotopic (exact) mass is 257 g/mol. The molecule has 0 saturated carbocycles. The highest BCUT2D eigenvalue weighted by Crippen LogP contribution is 2.11. The van der Waals surface area contributed by atoms with E-state index in [9.17, 15) is 4.79 Å². The zero-order valence-corrected chi connectivity index (χ0v) is 11.7. The minimum absolute atomic E-state index is 0.0133. The van der Waals surface area contributed by atoms with Crippen LogP contribution >= 0.6 is 0 Å². The Morgan fingerprint density at radius 3 is 2.67 bits per heavy atom. The summed E-state index contributed by atoms with van der Waals surface area (Å²) in [7, 11) is 1.71. The number of aliphatic hydroxyl groups is 1. The molecule has 5 nitrogen and oxygen atoms in total. The molecular weight excluding hydrogens is 230 g/mol. The van der Waals surface area contributed by atoms with Crippen LogP contribution in [0.5, 0.6) is 0 Å². The summed E-state index contributed by atoms with van der Waals surface area (Å²) in [5.41, 5.74) is 0. The molecule has 2 amide bonds. The smallest absolute Gasteiger partial charge is 0.317 e. The molecule has 1 aliphatic heterocycles. The van der Waals surface area contributed by atoms with E-state index in [0.717, 1.165) is 25.9 Å². The van der Waals surface area contributed by atoms with Gasteiger partial charge in [-0.2, -0.15) is 0 Å². The third-order valence-corrected chi connectivity index (χ3v) is 3.53. The van der Waals surface area contributed by atoms with Gasteiger partial charge in [-0.1, -0.05) is 13.3 Å². The number of nitrogens with zero attached hydrogens (tertiary/aromatic N) is 2. The van der Waals surface area contributed by atoms with Gasteiger partial charge in [0.25, 0.3) is 0 Å². The molecule has 1 fully saturated rings. The van der Waals surface area contributed by atoms with Crippen molar-refractivity contribution in [3.05, 3.63) is 0 Å². The average molecular weight is 257 g/mol. The fourth-order valence-corrected chi connectivity index (χ4v) is 2.22. The Morgan fingerprint density at radius 1 is 1.44 bits per heavy atom. The van der Waals surface area contributed by atoms with E-state index in [1.165, 1.54) is 24.3 Å². The van der Waals surface area contributed by atoms with E-state index in [0.29, 0.717) is 6.54 Å². The third-order valence-electron chi connectivity index (χ3n) is 3.53. The van der Waals surface area contributed by atoms with Crippen molar-refractivity contribution in [3.63, 3.8) is 0 Å². The Labute approximate surface area is 110 Å². The lowest BCUT2D eigenvalue weighted by atomic mass is 10.0. The van der Waals surface area contributed by atoms with Crippen LogP contribution in [-0.4, -0.2) is 66.8 Å².